The molecule has 0 bridgehead atoms. The van der Waals surface area contributed by atoms with E-state index in [1.54, 1.807) is 11.8 Å². The molecule has 0 atom stereocenters. The molecule has 1 aromatic carbocycles. The lowest BCUT2D eigenvalue weighted by Gasteiger charge is -2.10. The summed E-state index contributed by atoms with van der Waals surface area (Å²) in [5.41, 5.74) is 3.03. The first-order valence-corrected chi connectivity index (χ1v) is 5.43. The van der Waals surface area contributed by atoms with Gasteiger partial charge in [-0.15, -0.1) is 5.10 Å². The minimum absolute atomic E-state index is 0.632. The van der Waals surface area contributed by atoms with Crippen LogP contribution >= 0.6 is 0 Å². The number of hydrogen-bond donors (Lipinski definition) is 1. The Labute approximate surface area is 100 Å². The standard InChI is InChI=1S/C12H16N4O/c1-9-4-5-11(12(6-9)17-3)13-7-10-8-16(2)15-14-10/h4-6,8,13H,7H2,1-3H3. The van der Waals surface area contributed by atoms with Crippen molar-refractivity contribution in [3.05, 3.63) is 35.7 Å². The lowest BCUT2D eigenvalue weighted by Crippen LogP contribution is -2.02. The predicted octanol–water partition coefficient (Wildman–Crippen LogP) is 1.74. The van der Waals surface area contributed by atoms with E-state index in [9.17, 15) is 0 Å². The fourth-order valence-corrected chi connectivity index (χ4v) is 1.61. The predicted molar refractivity (Wildman–Crippen MR) is 66.1 cm³/mol. The maximum atomic E-state index is 5.32. The van der Waals surface area contributed by atoms with Crippen LogP contribution in [0.1, 0.15) is 11.3 Å². The van der Waals surface area contributed by atoms with Crippen molar-refractivity contribution in [2.75, 3.05) is 12.4 Å². The minimum atomic E-state index is 0.632. The zero-order valence-corrected chi connectivity index (χ0v) is 10.3. The third-order valence-electron chi connectivity index (χ3n) is 2.47. The van der Waals surface area contributed by atoms with Crippen LogP contribution in [0.25, 0.3) is 0 Å². The van der Waals surface area contributed by atoms with Gasteiger partial charge in [-0.05, 0) is 24.6 Å². The molecule has 17 heavy (non-hydrogen) atoms. The van der Waals surface area contributed by atoms with E-state index < -0.39 is 0 Å². The summed E-state index contributed by atoms with van der Waals surface area (Å²) in [6, 6.07) is 6.05. The molecule has 0 saturated heterocycles. The van der Waals surface area contributed by atoms with Gasteiger partial charge in [-0.1, -0.05) is 11.3 Å². The molecule has 1 heterocycles. The Hall–Kier alpha value is -2.04. The normalized spacial score (nSPS) is 10.3. The Kier molecular flexibility index (Phi) is 3.27. The number of hydrogen-bond acceptors (Lipinski definition) is 4. The summed E-state index contributed by atoms with van der Waals surface area (Å²) < 4.78 is 7.00. The lowest BCUT2D eigenvalue weighted by atomic mass is 10.2. The first-order valence-electron chi connectivity index (χ1n) is 5.43. The van der Waals surface area contributed by atoms with Gasteiger partial charge in [-0.2, -0.15) is 0 Å². The van der Waals surface area contributed by atoms with E-state index in [-0.39, 0.29) is 0 Å². The Balaban J connectivity index is 2.08. The van der Waals surface area contributed by atoms with Crippen LogP contribution < -0.4 is 10.1 Å². The topological polar surface area (TPSA) is 52.0 Å². The average molecular weight is 232 g/mol. The molecule has 0 amide bonds. The highest BCUT2D eigenvalue weighted by atomic mass is 16.5. The fourth-order valence-electron chi connectivity index (χ4n) is 1.61. The Morgan fingerprint density at radius 3 is 2.88 bits per heavy atom. The van der Waals surface area contributed by atoms with Gasteiger partial charge < -0.3 is 10.1 Å². The van der Waals surface area contributed by atoms with Crippen LogP contribution in [0.15, 0.2) is 24.4 Å². The zero-order chi connectivity index (χ0) is 12.3. The number of anilines is 1. The van der Waals surface area contributed by atoms with E-state index in [0.717, 1.165) is 17.1 Å². The number of methoxy groups -OCH3 is 1. The maximum absolute atomic E-state index is 5.32. The number of aromatic nitrogens is 3. The van der Waals surface area contributed by atoms with Gasteiger partial charge >= 0.3 is 0 Å². The number of benzene rings is 1. The number of aryl methyl sites for hydroxylation is 2. The van der Waals surface area contributed by atoms with Crippen molar-refractivity contribution in [3.63, 3.8) is 0 Å². The first kappa shape index (κ1) is 11.4. The van der Waals surface area contributed by atoms with Gasteiger partial charge in [0.25, 0.3) is 0 Å². The zero-order valence-electron chi connectivity index (χ0n) is 10.3. The Bertz CT molecular complexity index is 507. The second kappa shape index (κ2) is 4.86. The molecule has 0 fully saturated rings. The number of nitrogens with zero attached hydrogens (tertiary/aromatic N) is 3. The molecule has 0 saturated carbocycles. The summed E-state index contributed by atoms with van der Waals surface area (Å²) in [5, 5.41) is 11.2. The van der Waals surface area contributed by atoms with Crippen LogP contribution in [0.3, 0.4) is 0 Å². The molecule has 2 rings (SSSR count). The van der Waals surface area contributed by atoms with E-state index in [2.05, 4.69) is 15.6 Å². The Morgan fingerprint density at radius 2 is 2.24 bits per heavy atom. The van der Waals surface area contributed by atoms with Crippen LogP contribution in [0.5, 0.6) is 5.75 Å². The lowest BCUT2D eigenvalue weighted by molar-refractivity contribution is 0.416. The number of rotatable bonds is 4. The third kappa shape index (κ3) is 2.75. The average Bonchev–Trinajstić information content (AvgIpc) is 2.73. The minimum Gasteiger partial charge on any atom is -0.495 e. The van der Waals surface area contributed by atoms with Crippen molar-refractivity contribution in [2.24, 2.45) is 7.05 Å². The number of ether oxygens (including phenoxy) is 1. The molecule has 0 aliphatic carbocycles. The van der Waals surface area contributed by atoms with Crippen LogP contribution in [0.2, 0.25) is 0 Å². The molecule has 0 aliphatic rings. The maximum Gasteiger partial charge on any atom is 0.142 e. The molecule has 2 aromatic rings. The number of nitrogens with one attached hydrogen (secondary N) is 1. The van der Waals surface area contributed by atoms with Gasteiger partial charge in [0.1, 0.15) is 11.4 Å². The monoisotopic (exact) mass is 232 g/mol. The molecule has 5 heteroatoms. The van der Waals surface area contributed by atoms with E-state index in [0.29, 0.717) is 6.54 Å². The molecule has 0 unspecified atom stereocenters. The van der Waals surface area contributed by atoms with Crippen LogP contribution in [0.4, 0.5) is 5.69 Å². The Morgan fingerprint density at radius 1 is 1.41 bits per heavy atom. The smallest absolute Gasteiger partial charge is 0.142 e. The molecule has 0 radical (unpaired) electrons. The van der Waals surface area contributed by atoms with Crippen molar-refractivity contribution in [2.45, 2.75) is 13.5 Å². The van der Waals surface area contributed by atoms with Gasteiger partial charge in [0.2, 0.25) is 0 Å². The molecule has 1 N–H and O–H groups in total. The molecular weight excluding hydrogens is 216 g/mol. The van der Waals surface area contributed by atoms with Crippen LogP contribution in [-0.4, -0.2) is 22.1 Å². The summed E-state index contributed by atoms with van der Waals surface area (Å²) in [7, 11) is 3.52. The first-order chi connectivity index (χ1) is 8.19. The van der Waals surface area contributed by atoms with Crippen molar-refractivity contribution in [1.29, 1.82) is 0 Å². The van der Waals surface area contributed by atoms with E-state index in [1.807, 2.05) is 38.4 Å². The van der Waals surface area contributed by atoms with Crippen molar-refractivity contribution in [1.82, 2.24) is 15.0 Å². The molecule has 0 spiro atoms. The summed E-state index contributed by atoms with van der Waals surface area (Å²) in [6.07, 6.45) is 1.88. The quantitative estimate of drug-likeness (QED) is 0.872. The van der Waals surface area contributed by atoms with Crippen molar-refractivity contribution >= 4 is 5.69 Å². The molecular formula is C12H16N4O. The van der Waals surface area contributed by atoms with Gasteiger partial charge in [0.05, 0.1) is 19.3 Å². The fraction of sp³-hybridized carbons (Fsp3) is 0.333. The molecule has 0 aliphatic heterocycles. The van der Waals surface area contributed by atoms with Crippen LogP contribution in [-0.2, 0) is 13.6 Å². The highest BCUT2D eigenvalue weighted by molar-refractivity contribution is 5.57. The third-order valence-corrected chi connectivity index (χ3v) is 2.47. The van der Waals surface area contributed by atoms with Crippen LogP contribution in [0, 0.1) is 6.92 Å². The summed E-state index contributed by atoms with van der Waals surface area (Å²) in [4.78, 5) is 0. The van der Waals surface area contributed by atoms with Gasteiger partial charge in [0.15, 0.2) is 0 Å². The van der Waals surface area contributed by atoms with E-state index >= 15 is 0 Å². The van der Waals surface area contributed by atoms with Crippen molar-refractivity contribution < 1.29 is 4.74 Å². The largest absolute Gasteiger partial charge is 0.495 e. The van der Waals surface area contributed by atoms with E-state index in [4.69, 9.17) is 4.74 Å². The SMILES string of the molecule is COc1cc(C)ccc1NCc1cn(C)nn1. The second-order valence-corrected chi connectivity index (χ2v) is 3.94. The van der Waals surface area contributed by atoms with Gasteiger partial charge in [0, 0.05) is 13.2 Å². The summed E-state index contributed by atoms with van der Waals surface area (Å²) >= 11 is 0. The summed E-state index contributed by atoms with van der Waals surface area (Å²) in [5.74, 6) is 0.842. The van der Waals surface area contributed by atoms with Gasteiger partial charge in [-0.25, -0.2) is 0 Å². The summed E-state index contributed by atoms with van der Waals surface area (Å²) in [6.45, 7) is 2.67. The van der Waals surface area contributed by atoms with E-state index in [1.165, 1.54) is 5.56 Å². The van der Waals surface area contributed by atoms with Gasteiger partial charge in [-0.3, -0.25) is 4.68 Å². The highest BCUT2D eigenvalue weighted by Crippen LogP contribution is 2.25. The molecule has 1 aromatic heterocycles. The van der Waals surface area contributed by atoms with Crippen molar-refractivity contribution in [3.8, 4) is 5.75 Å². The molecule has 5 nitrogen and oxygen atoms in total. The molecule has 90 valence electrons. The second-order valence-electron chi connectivity index (χ2n) is 3.94. The highest BCUT2D eigenvalue weighted by Gasteiger charge is 2.04.